The molecule has 3 aromatic rings. The van der Waals surface area contributed by atoms with E-state index in [0.29, 0.717) is 18.1 Å². The molecule has 29 heavy (non-hydrogen) atoms. The Kier molecular flexibility index (Phi) is 7.97. The molecule has 1 aromatic carbocycles. The molecule has 6 N–H and O–H groups in total. The molecule has 0 saturated carbocycles. The zero-order valence-electron chi connectivity index (χ0n) is 17.6. The SMILES string of the molecule is CC.Cc1cc2cn(-c3ccc(CNC[C@@H](C)CN=C(N)N)cc3)c(=O)nc2[nH]1. The maximum atomic E-state index is 12.3. The quantitative estimate of drug-likeness (QED) is 0.358. The molecule has 1 atom stereocenters. The number of aromatic nitrogens is 3. The number of rotatable bonds is 7. The highest BCUT2D eigenvalue weighted by Crippen LogP contribution is 2.13. The van der Waals surface area contributed by atoms with Crippen molar-refractivity contribution in [3.63, 3.8) is 0 Å². The fourth-order valence-corrected chi connectivity index (χ4v) is 2.88. The van der Waals surface area contributed by atoms with Gasteiger partial charge in [0.05, 0.1) is 5.69 Å². The molecule has 0 fully saturated rings. The Morgan fingerprint density at radius 3 is 2.62 bits per heavy atom. The minimum absolute atomic E-state index is 0.121. The molecule has 8 nitrogen and oxygen atoms in total. The molecule has 2 aromatic heterocycles. The number of guanidine groups is 1. The number of aromatic amines is 1. The Labute approximate surface area is 171 Å². The highest BCUT2D eigenvalue weighted by atomic mass is 16.1. The number of nitrogens with zero attached hydrogens (tertiary/aromatic N) is 3. The first-order valence-electron chi connectivity index (χ1n) is 9.87. The lowest BCUT2D eigenvalue weighted by atomic mass is 10.1. The summed E-state index contributed by atoms with van der Waals surface area (Å²) in [5.74, 6) is 0.461. The summed E-state index contributed by atoms with van der Waals surface area (Å²) in [6.45, 7) is 10.2. The van der Waals surface area contributed by atoms with Crippen LogP contribution in [0.15, 0.2) is 46.3 Å². The fraction of sp³-hybridized carbons (Fsp3) is 0.381. The van der Waals surface area contributed by atoms with E-state index in [1.54, 1.807) is 4.57 Å². The average molecular weight is 398 g/mol. The van der Waals surface area contributed by atoms with Crippen molar-refractivity contribution in [3.05, 3.63) is 58.3 Å². The summed E-state index contributed by atoms with van der Waals surface area (Å²) in [4.78, 5) is 23.5. The van der Waals surface area contributed by atoms with Crippen molar-refractivity contribution in [1.29, 1.82) is 0 Å². The number of benzene rings is 1. The molecule has 0 spiro atoms. The van der Waals surface area contributed by atoms with Crippen molar-refractivity contribution < 1.29 is 0 Å². The highest BCUT2D eigenvalue weighted by Gasteiger charge is 2.06. The number of hydrogen-bond donors (Lipinski definition) is 4. The standard InChI is InChI=1S/C19H25N7O.C2H6/c1-12(9-23-18(20)21)8-22-10-14-3-5-16(6-4-14)26-11-15-7-13(2)24-17(15)25-19(26)27;1-2/h3-7,11-12,22H,8-10H2,1-2H3,(H4,20,21,23)(H,24,25,27);1-2H3/t12-;/m1./s1. The first-order chi connectivity index (χ1) is 13.9. The van der Waals surface area contributed by atoms with E-state index in [2.05, 4.69) is 27.2 Å². The predicted molar refractivity (Wildman–Crippen MR) is 119 cm³/mol. The lowest BCUT2D eigenvalue weighted by Crippen LogP contribution is -2.26. The van der Waals surface area contributed by atoms with Gasteiger partial charge < -0.3 is 21.8 Å². The molecule has 0 bridgehead atoms. The van der Waals surface area contributed by atoms with Gasteiger partial charge in [-0.15, -0.1) is 0 Å². The fourth-order valence-electron chi connectivity index (χ4n) is 2.88. The van der Waals surface area contributed by atoms with Gasteiger partial charge in [0.25, 0.3) is 0 Å². The summed E-state index contributed by atoms with van der Waals surface area (Å²) in [6.07, 6.45) is 1.81. The van der Waals surface area contributed by atoms with E-state index in [1.165, 1.54) is 0 Å². The zero-order chi connectivity index (χ0) is 21.4. The molecule has 0 unspecified atom stereocenters. The Morgan fingerprint density at radius 1 is 1.28 bits per heavy atom. The molecular weight excluding hydrogens is 366 g/mol. The number of hydrogen-bond acceptors (Lipinski definition) is 4. The van der Waals surface area contributed by atoms with Crippen molar-refractivity contribution in [3.8, 4) is 5.69 Å². The lowest BCUT2D eigenvalue weighted by Gasteiger charge is -2.11. The van der Waals surface area contributed by atoms with Crippen LogP contribution in [0.3, 0.4) is 0 Å². The molecule has 3 rings (SSSR count). The summed E-state index contributed by atoms with van der Waals surface area (Å²) in [6, 6.07) is 9.83. The van der Waals surface area contributed by atoms with E-state index in [9.17, 15) is 4.79 Å². The van der Waals surface area contributed by atoms with Crippen LogP contribution in [0.25, 0.3) is 16.7 Å². The third-order valence-corrected chi connectivity index (χ3v) is 4.26. The smallest absolute Gasteiger partial charge is 0.354 e. The molecule has 0 amide bonds. The van der Waals surface area contributed by atoms with Gasteiger partial charge in [0.2, 0.25) is 0 Å². The number of nitrogens with one attached hydrogen (secondary N) is 2. The summed E-state index contributed by atoms with van der Waals surface area (Å²) >= 11 is 0. The molecule has 8 heteroatoms. The van der Waals surface area contributed by atoms with E-state index in [4.69, 9.17) is 11.5 Å². The second-order valence-electron chi connectivity index (χ2n) is 6.82. The summed E-state index contributed by atoms with van der Waals surface area (Å²) < 4.78 is 1.56. The van der Waals surface area contributed by atoms with Crippen LogP contribution in [0.1, 0.15) is 32.0 Å². The van der Waals surface area contributed by atoms with E-state index < -0.39 is 0 Å². The van der Waals surface area contributed by atoms with Crippen LogP contribution in [-0.2, 0) is 6.54 Å². The predicted octanol–water partition coefficient (Wildman–Crippen LogP) is 2.05. The van der Waals surface area contributed by atoms with Crippen LogP contribution < -0.4 is 22.5 Å². The maximum Gasteiger partial charge on any atom is 0.354 e. The number of aliphatic imine (C=N–C) groups is 1. The Balaban J connectivity index is 0.00000145. The lowest BCUT2D eigenvalue weighted by molar-refractivity contribution is 0.523. The van der Waals surface area contributed by atoms with Crippen LogP contribution >= 0.6 is 0 Å². The van der Waals surface area contributed by atoms with Crippen LogP contribution in [0, 0.1) is 12.8 Å². The van der Waals surface area contributed by atoms with Crippen molar-refractivity contribution >= 4 is 17.0 Å². The first-order valence-corrected chi connectivity index (χ1v) is 9.87. The third kappa shape index (κ3) is 6.18. The van der Waals surface area contributed by atoms with Gasteiger partial charge in [0.15, 0.2) is 5.96 Å². The van der Waals surface area contributed by atoms with Crippen LogP contribution in [0.4, 0.5) is 0 Å². The van der Waals surface area contributed by atoms with Crippen molar-refractivity contribution in [2.45, 2.75) is 34.2 Å². The first kappa shape index (κ1) is 22.2. The molecule has 0 radical (unpaired) electrons. The number of aryl methyl sites for hydroxylation is 1. The second-order valence-corrected chi connectivity index (χ2v) is 6.82. The Hall–Kier alpha value is -3.13. The van der Waals surface area contributed by atoms with Gasteiger partial charge in [-0.2, -0.15) is 4.98 Å². The van der Waals surface area contributed by atoms with E-state index in [0.717, 1.165) is 35.4 Å². The van der Waals surface area contributed by atoms with Crippen LogP contribution in [0.2, 0.25) is 0 Å². The number of H-pyrrole nitrogens is 1. The van der Waals surface area contributed by atoms with Gasteiger partial charge in [-0.25, -0.2) is 4.79 Å². The maximum absolute atomic E-state index is 12.3. The van der Waals surface area contributed by atoms with Gasteiger partial charge >= 0.3 is 5.69 Å². The Bertz CT molecular complexity index is 998. The molecule has 0 aliphatic carbocycles. The van der Waals surface area contributed by atoms with E-state index in [-0.39, 0.29) is 11.6 Å². The largest absolute Gasteiger partial charge is 0.370 e. The molecule has 156 valence electrons. The molecule has 2 heterocycles. The number of fused-ring (bicyclic) bond motifs is 1. The average Bonchev–Trinajstić information content (AvgIpc) is 3.06. The van der Waals surface area contributed by atoms with Crippen LogP contribution in [0.5, 0.6) is 0 Å². The monoisotopic (exact) mass is 397 g/mol. The summed E-state index contributed by atoms with van der Waals surface area (Å²) in [5, 5.41) is 4.30. The van der Waals surface area contributed by atoms with Gasteiger partial charge in [0, 0.05) is 30.4 Å². The molecule has 0 aliphatic heterocycles. The second kappa shape index (κ2) is 10.4. The van der Waals surface area contributed by atoms with E-state index in [1.807, 2.05) is 57.3 Å². The third-order valence-electron chi connectivity index (χ3n) is 4.26. The summed E-state index contributed by atoms with van der Waals surface area (Å²) in [7, 11) is 0. The topological polar surface area (TPSA) is 127 Å². The normalized spacial score (nSPS) is 11.6. The molecule has 0 saturated heterocycles. The number of nitrogens with two attached hydrogens (primary N) is 2. The molecular formula is C21H31N7O. The minimum atomic E-state index is -0.302. The zero-order valence-corrected chi connectivity index (χ0v) is 17.6. The Morgan fingerprint density at radius 2 is 1.97 bits per heavy atom. The minimum Gasteiger partial charge on any atom is -0.370 e. The van der Waals surface area contributed by atoms with Crippen molar-refractivity contribution in [2.75, 3.05) is 13.1 Å². The van der Waals surface area contributed by atoms with Gasteiger partial charge in [-0.3, -0.25) is 9.56 Å². The molecule has 0 aliphatic rings. The van der Waals surface area contributed by atoms with E-state index >= 15 is 0 Å². The van der Waals surface area contributed by atoms with Gasteiger partial charge in [-0.05, 0) is 43.1 Å². The summed E-state index contributed by atoms with van der Waals surface area (Å²) in [5.41, 5.74) is 13.9. The van der Waals surface area contributed by atoms with Gasteiger partial charge in [-0.1, -0.05) is 32.9 Å². The van der Waals surface area contributed by atoms with Crippen molar-refractivity contribution in [1.82, 2.24) is 19.9 Å². The van der Waals surface area contributed by atoms with Crippen LogP contribution in [-0.4, -0.2) is 33.6 Å². The highest BCUT2D eigenvalue weighted by molar-refractivity contribution is 5.76. The van der Waals surface area contributed by atoms with Gasteiger partial charge in [0.1, 0.15) is 5.65 Å². The van der Waals surface area contributed by atoms with Crippen molar-refractivity contribution in [2.24, 2.45) is 22.4 Å².